The summed E-state index contributed by atoms with van der Waals surface area (Å²) >= 11 is 5.87. The lowest BCUT2D eigenvalue weighted by molar-refractivity contribution is 0.0943. The number of aromatic nitrogens is 2. The molecule has 1 fully saturated rings. The molecule has 1 aromatic carbocycles. The van der Waals surface area contributed by atoms with Crippen molar-refractivity contribution in [1.29, 1.82) is 0 Å². The second-order valence-corrected chi connectivity index (χ2v) is 5.34. The Kier molecular flexibility index (Phi) is 5.22. The van der Waals surface area contributed by atoms with Crippen molar-refractivity contribution in [3.05, 3.63) is 41.0 Å². The van der Waals surface area contributed by atoms with E-state index in [-0.39, 0.29) is 18.3 Å². The Hall–Kier alpha value is -1.56. The van der Waals surface area contributed by atoms with Gasteiger partial charge in [-0.15, -0.1) is 12.4 Å². The van der Waals surface area contributed by atoms with Gasteiger partial charge in [0.2, 0.25) is 0 Å². The minimum absolute atomic E-state index is 0. The van der Waals surface area contributed by atoms with Crippen LogP contribution < -0.4 is 10.6 Å². The van der Waals surface area contributed by atoms with Gasteiger partial charge >= 0.3 is 0 Å². The average Bonchev–Trinajstić information content (AvgIpc) is 2.87. The van der Waals surface area contributed by atoms with Crippen molar-refractivity contribution < 1.29 is 4.79 Å². The molecule has 2 aromatic rings. The molecular formula is C14H16Cl2N4O. The number of H-pyrrole nitrogens is 1. The normalized spacial score (nSPS) is 14.1. The third-order valence-corrected chi connectivity index (χ3v) is 3.69. The zero-order valence-corrected chi connectivity index (χ0v) is 12.8. The summed E-state index contributed by atoms with van der Waals surface area (Å²) in [5.74, 6) is 0.431. The Morgan fingerprint density at radius 2 is 2.05 bits per heavy atom. The van der Waals surface area contributed by atoms with Crippen molar-refractivity contribution in [2.75, 3.05) is 19.6 Å². The molecule has 0 atom stereocenters. The van der Waals surface area contributed by atoms with Gasteiger partial charge in [0.05, 0.1) is 17.5 Å². The highest BCUT2D eigenvalue weighted by Crippen LogP contribution is 2.22. The van der Waals surface area contributed by atoms with E-state index >= 15 is 0 Å². The second kappa shape index (κ2) is 6.93. The largest absolute Gasteiger partial charge is 0.352 e. The number of hydrogen-bond acceptors (Lipinski definition) is 3. The first kappa shape index (κ1) is 15.8. The molecule has 0 bridgehead atoms. The number of carbonyl (C=O) groups is 1. The molecule has 3 N–H and O–H groups in total. The Morgan fingerprint density at radius 1 is 1.33 bits per heavy atom. The zero-order valence-electron chi connectivity index (χ0n) is 11.2. The predicted octanol–water partition coefficient (Wildman–Crippen LogP) is 2.10. The van der Waals surface area contributed by atoms with Crippen molar-refractivity contribution in [2.24, 2.45) is 5.92 Å². The molecule has 1 aromatic heterocycles. The van der Waals surface area contributed by atoms with Crippen LogP contribution in [0.25, 0.3) is 11.3 Å². The summed E-state index contributed by atoms with van der Waals surface area (Å²) in [6.07, 6.45) is 1.55. The molecule has 1 aliphatic rings. The van der Waals surface area contributed by atoms with Crippen LogP contribution in [-0.4, -0.2) is 35.7 Å². The van der Waals surface area contributed by atoms with Gasteiger partial charge in [-0.05, 0) is 12.1 Å². The van der Waals surface area contributed by atoms with Gasteiger partial charge in [-0.25, -0.2) is 0 Å². The molecule has 7 heteroatoms. The molecule has 5 nitrogen and oxygen atoms in total. The number of nitrogens with one attached hydrogen (secondary N) is 3. The first-order chi connectivity index (χ1) is 9.74. The van der Waals surface area contributed by atoms with E-state index in [1.807, 2.05) is 12.1 Å². The van der Waals surface area contributed by atoms with Crippen LogP contribution in [0.4, 0.5) is 0 Å². The summed E-state index contributed by atoms with van der Waals surface area (Å²) in [6, 6.07) is 7.31. The number of aromatic amines is 1. The highest BCUT2D eigenvalue weighted by Gasteiger charge is 2.20. The standard InChI is InChI=1S/C14H15ClN4O.ClH/c15-11-3-1-10(2-4-11)13-12(8-18-19-13)14(20)17-7-9-5-16-6-9;/h1-4,8-9,16H,5-7H2,(H,17,20)(H,18,19);1H. The van der Waals surface area contributed by atoms with E-state index in [9.17, 15) is 4.79 Å². The number of hydrogen-bond donors (Lipinski definition) is 3. The number of amides is 1. The summed E-state index contributed by atoms with van der Waals surface area (Å²) < 4.78 is 0. The SMILES string of the molecule is Cl.O=C(NCC1CNC1)c1cn[nH]c1-c1ccc(Cl)cc1. The van der Waals surface area contributed by atoms with Crippen molar-refractivity contribution in [2.45, 2.75) is 0 Å². The van der Waals surface area contributed by atoms with E-state index in [4.69, 9.17) is 11.6 Å². The first-order valence-electron chi connectivity index (χ1n) is 6.52. The van der Waals surface area contributed by atoms with E-state index in [0.717, 1.165) is 18.7 Å². The molecule has 2 heterocycles. The van der Waals surface area contributed by atoms with Crippen LogP contribution in [0, 0.1) is 5.92 Å². The maximum absolute atomic E-state index is 12.2. The van der Waals surface area contributed by atoms with Gasteiger partial charge in [-0.2, -0.15) is 5.10 Å². The average molecular weight is 327 g/mol. The molecule has 0 unspecified atom stereocenters. The molecule has 1 amide bonds. The fourth-order valence-electron chi connectivity index (χ4n) is 2.12. The molecule has 0 spiro atoms. The summed E-state index contributed by atoms with van der Waals surface area (Å²) in [6.45, 7) is 2.63. The number of nitrogens with zero attached hydrogens (tertiary/aromatic N) is 1. The van der Waals surface area contributed by atoms with Crippen molar-refractivity contribution >= 4 is 29.9 Å². The summed E-state index contributed by atoms with van der Waals surface area (Å²) in [7, 11) is 0. The van der Waals surface area contributed by atoms with Gasteiger partial charge in [0.15, 0.2) is 0 Å². The van der Waals surface area contributed by atoms with Crippen molar-refractivity contribution in [3.63, 3.8) is 0 Å². The summed E-state index contributed by atoms with van der Waals surface area (Å²) in [5, 5.41) is 13.6. The molecule has 1 saturated heterocycles. The first-order valence-corrected chi connectivity index (χ1v) is 6.90. The van der Waals surface area contributed by atoms with E-state index < -0.39 is 0 Å². The predicted molar refractivity (Wildman–Crippen MR) is 85.0 cm³/mol. The minimum Gasteiger partial charge on any atom is -0.352 e. The molecule has 1 aliphatic heterocycles. The highest BCUT2D eigenvalue weighted by atomic mass is 35.5. The fraction of sp³-hybridized carbons (Fsp3) is 0.286. The van der Waals surface area contributed by atoms with Gasteiger partial charge in [0, 0.05) is 36.1 Å². The smallest absolute Gasteiger partial charge is 0.255 e. The molecule has 0 aliphatic carbocycles. The molecule has 0 radical (unpaired) electrons. The molecular weight excluding hydrogens is 311 g/mol. The number of benzene rings is 1. The van der Waals surface area contributed by atoms with E-state index in [1.54, 1.807) is 18.3 Å². The number of carbonyl (C=O) groups excluding carboxylic acids is 1. The lowest BCUT2D eigenvalue weighted by Gasteiger charge is -2.27. The number of rotatable bonds is 4. The third-order valence-electron chi connectivity index (χ3n) is 3.43. The van der Waals surface area contributed by atoms with Crippen molar-refractivity contribution in [1.82, 2.24) is 20.8 Å². The monoisotopic (exact) mass is 326 g/mol. The highest BCUT2D eigenvalue weighted by molar-refractivity contribution is 6.30. The van der Waals surface area contributed by atoms with Crippen LogP contribution in [0.2, 0.25) is 5.02 Å². The van der Waals surface area contributed by atoms with Crippen LogP contribution in [0.3, 0.4) is 0 Å². The topological polar surface area (TPSA) is 69.8 Å². The summed E-state index contributed by atoms with van der Waals surface area (Å²) in [5.41, 5.74) is 2.16. The lowest BCUT2D eigenvalue weighted by atomic mass is 10.0. The Morgan fingerprint density at radius 3 is 2.67 bits per heavy atom. The quantitative estimate of drug-likeness (QED) is 0.805. The van der Waals surface area contributed by atoms with Crippen LogP contribution >= 0.6 is 24.0 Å². The van der Waals surface area contributed by atoms with Gasteiger partial charge < -0.3 is 10.6 Å². The Labute approximate surface area is 133 Å². The number of halogens is 2. The van der Waals surface area contributed by atoms with Crippen LogP contribution in [0.5, 0.6) is 0 Å². The van der Waals surface area contributed by atoms with E-state index in [1.165, 1.54) is 0 Å². The fourth-order valence-corrected chi connectivity index (χ4v) is 2.25. The minimum atomic E-state index is -0.101. The van der Waals surface area contributed by atoms with Gasteiger partial charge in [0.1, 0.15) is 0 Å². The molecule has 0 saturated carbocycles. The Bertz CT molecular complexity index is 608. The molecule has 112 valence electrons. The maximum atomic E-state index is 12.2. The van der Waals surface area contributed by atoms with Crippen LogP contribution in [0.15, 0.2) is 30.5 Å². The maximum Gasteiger partial charge on any atom is 0.255 e. The van der Waals surface area contributed by atoms with Gasteiger partial charge in [-0.3, -0.25) is 9.89 Å². The lowest BCUT2D eigenvalue weighted by Crippen LogP contribution is -2.48. The van der Waals surface area contributed by atoms with E-state index in [0.29, 0.717) is 28.7 Å². The summed E-state index contributed by atoms with van der Waals surface area (Å²) in [4.78, 5) is 12.2. The zero-order chi connectivity index (χ0) is 13.9. The van der Waals surface area contributed by atoms with Crippen LogP contribution in [0.1, 0.15) is 10.4 Å². The Balaban J connectivity index is 0.00000161. The third kappa shape index (κ3) is 3.56. The molecule has 3 rings (SSSR count). The van der Waals surface area contributed by atoms with Crippen molar-refractivity contribution in [3.8, 4) is 11.3 Å². The van der Waals surface area contributed by atoms with Gasteiger partial charge in [-0.1, -0.05) is 23.7 Å². The van der Waals surface area contributed by atoms with E-state index in [2.05, 4.69) is 20.8 Å². The van der Waals surface area contributed by atoms with Crippen LogP contribution in [-0.2, 0) is 0 Å². The van der Waals surface area contributed by atoms with Gasteiger partial charge in [0.25, 0.3) is 5.91 Å². The molecule has 21 heavy (non-hydrogen) atoms. The second-order valence-electron chi connectivity index (χ2n) is 4.90.